The van der Waals surface area contributed by atoms with Crippen LogP contribution in [0.2, 0.25) is 0 Å². The van der Waals surface area contributed by atoms with Crippen molar-refractivity contribution in [3.8, 4) is 0 Å². The summed E-state index contributed by atoms with van der Waals surface area (Å²) >= 11 is 0. The van der Waals surface area contributed by atoms with Crippen molar-refractivity contribution in [1.82, 2.24) is 20.1 Å². The Morgan fingerprint density at radius 2 is 2.27 bits per heavy atom. The summed E-state index contributed by atoms with van der Waals surface area (Å²) < 4.78 is 1.96. The molecule has 0 spiro atoms. The van der Waals surface area contributed by atoms with E-state index in [1.807, 2.05) is 17.8 Å². The molecule has 2 aromatic heterocycles. The molecule has 3 heterocycles. The van der Waals surface area contributed by atoms with Crippen molar-refractivity contribution < 1.29 is 9.90 Å². The monoisotopic (exact) mass is 301 g/mol. The standard InChI is InChI=1S/C15H19N5O2/c1-9-5-17-7-14(9)20-8-13(10(2)19-20)18-12-6-16-4-3-11(12)15(21)22/h3-4,6,8-9,14,17-18H,5,7H2,1-2H3,(H,21,22)/t9-,14?/m1/s1. The summed E-state index contributed by atoms with van der Waals surface area (Å²) in [6.07, 6.45) is 4.92. The molecule has 3 N–H and O–H groups in total. The highest BCUT2D eigenvalue weighted by Gasteiger charge is 2.26. The molecule has 0 aromatic carbocycles. The second kappa shape index (κ2) is 5.76. The van der Waals surface area contributed by atoms with E-state index in [1.165, 1.54) is 18.5 Å². The molecule has 7 nitrogen and oxygen atoms in total. The first-order chi connectivity index (χ1) is 10.6. The third-order valence-corrected chi connectivity index (χ3v) is 4.05. The Balaban J connectivity index is 1.87. The first kappa shape index (κ1) is 14.5. The quantitative estimate of drug-likeness (QED) is 0.797. The van der Waals surface area contributed by atoms with E-state index in [9.17, 15) is 9.90 Å². The topological polar surface area (TPSA) is 92.1 Å². The Morgan fingerprint density at radius 3 is 2.95 bits per heavy atom. The van der Waals surface area contributed by atoms with Crippen LogP contribution in [0.1, 0.15) is 29.0 Å². The fourth-order valence-electron chi connectivity index (χ4n) is 2.75. The molecule has 1 saturated heterocycles. The number of hydrogen-bond acceptors (Lipinski definition) is 5. The molecular weight excluding hydrogens is 282 g/mol. The van der Waals surface area contributed by atoms with Crippen LogP contribution >= 0.6 is 0 Å². The predicted octanol–water partition coefficient (Wildman–Crippen LogP) is 1.81. The van der Waals surface area contributed by atoms with E-state index in [-0.39, 0.29) is 5.56 Å². The first-order valence-corrected chi connectivity index (χ1v) is 7.27. The van der Waals surface area contributed by atoms with Gasteiger partial charge in [-0.2, -0.15) is 5.10 Å². The number of nitrogens with zero attached hydrogens (tertiary/aromatic N) is 3. The van der Waals surface area contributed by atoms with Gasteiger partial charge in [0.25, 0.3) is 0 Å². The molecular formula is C15H19N5O2. The summed E-state index contributed by atoms with van der Waals surface area (Å²) in [5.74, 6) is -0.469. The van der Waals surface area contributed by atoms with Gasteiger partial charge in [0.15, 0.2) is 0 Å². The summed E-state index contributed by atoms with van der Waals surface area (Å²) in [6.45, 7) is 5.98. The van der Waals surface area contributed by atoms with Crippen molar-refractivity contribution in [2.45, 2.75) is 19.9 Å². The van der Waals surface area contributed by atoms with Crippen LogP contribution in [-0.2, 0) is 0 Å². The number of aromatic nitrogens is 3. The minimum atomic E-state index is -0.983. The van der Waals surface area contributed by atoms with Gasteiger partial charge in [-0.3, -0.25) is 9.67 Å². The Morgan fingerprint density at radius 1 is 1.45 bits per heavy atom. The van der Waals surface area contributed by atoms with Gasteiger partial charge in [0, 0.05) is 18.9 Å². The first-order valence-electron chi connectivity index (χ1n) is 7.27. The average molecular weight is 301 g/mol. The van der Waals surface area contributed by atoms with Gasteiger partial charge in [0.1, 0.15) is 0 Å². The Kier molecular flexibility index (Phi) is 3.81. The highest BCUT2D eigenvalue weighted by atomic mass is 16.4. The van der Waals surface area contributed by atoms with Crippen LogP contribution in [0.25, 0.3) is 0 Å². The summed E-state index contributed by atoms with van der Waals surface area (Å²) in [7, 11) is 0. The van der Waals surface area contributed by atoms with E-state index >= 15 is 0 Å². The lowest BCUT2D eigenvalue weighted by atomic mass is 10.1. The zero-order valence-corrected chi connectivity index (χ0v) is 12.6. The summed E-state index contributed by atoms with van der Waals surface area (Å²) in [5.41, 5.74) is 2.29. The van der Waals surface area contributed by atoms with E-state index in [0.717, 1.165) is 24.5 Å². The van der Waals surface area contributed by atoms with Crippen LogP contribution in [-0.4, -0.2) is 38.9 Å². The molecule has 0 amide bonds. The third-order valence-electron chi connectivity index (χ3n) is 4.05. The van der Waals surface area contributed by atoms with Gasteiger partial charge in [-0.1, -0.05) is 6.92 Å². The predicted molar refractivity (Wildman–Crippen MR) is 82.5 cm³/mol. The summed E-state index contributed by atoms with van der Waals surface area (Å²) in [4.78, 5) is 15.2. The fourth-order valence-corrected chi connectivity index (χ4v) is 2.75. The van der Waals surface area contributed by atoms with Gasteiger partial charge >= 0.3 is 5.97 Å². The highest BCUT2D eigenvalue weighted by Crippen LogP contribution is 2.27. The number of anilines is 2. The molecule has 0 radical (unpaired) electrons. The zero-order chi connectivity index (χ0) is 15.7. The third kappa shape index (κ3) is 2.67. The van der Waals surface area contributed by atoms with E-state index in [2.05, 4.69) is 27.6 Å². The molecule has 2 atom stereocenters. The van der Waals surface area contributed by atoms with Crippen LogP contribution in [0.3, 0.4) is 0 Å². The van der Waals surface area contributed by atoms with E-state index in [1.54, 1.807) is 0 Å². The molecule has 1 aliphatic heterocycles. The van der Waals surface area contributed by atoms with Crippen molar-refractivity contribution in [2.24, 2.45) is 5.92 Å². The van der Waals surface area contributed by atoms with Crippen LogP contribution in [0.15, 0.2) is 24.7 Å². The molecule has 2 aromatic rings. The molecule has 22 heavy (non-hydrogen) atoms. The fraction of sp³-hybridized carbons (Fsp3) is 0.400. The minimum Gasteiger partial charge on any atom is -0.478 e. The second-order valence-corrected chi connectivity index (χ2v) is 5.66. The number of pyridine rings is 1. The minimum absolute atomic E-state index is 0.193. The van der Waals surface area contributed by atoms with Gasteiger partial charge in [-0.15, -0.1) is 0 Å². The Bertz CT molecular complexity index is 697. The molecule has 116 valence electrons. The normalized spacial score (nSPS) is 21.0. The van der Waals surface area contributed by atoms with Crippen molar-refractivity contribution in [3.05, 3.63) is 35.9 Å². The number of aromatic carboxylic acids is 1. The molecule has 1 fully saturated rings. The molecule has 1 aliphatic rings. The van der Waals surface area contributed by atoms with Crippen LogP contribution in [0.5, 0.6) is 0 Å². The van der Waals surface area contributed by atoms with Crippen molar-refractivity contribution in [2.75, 3.05) is 18.4 Å². The zero-order valence-electron chi connectivity index (χ0n) is 12.6. The molecule has 3 rings (SSSR count). The SMILES string of the molecule is Cc1nn(C2CNC[C@H]2C)cc1Nc1cnccc1C(=O)O. The van der Waals surface area contributed by atoms with Crippen molar-refractivity contribution in [3.63, 3.8) is 0 Å². The van der Waals surface area contributed by atoms with E-state index < -0.39 is 5.97 Å². The van der Waals surface area contributed by atoms with E-state index in [0.29, 0.717) is 17.6 Å². The summed E-state index contributed by atoms with van der Waals surface area (Å²) in [6, 6.07) is 1.80. The number of rotatable bonds is 4. The second-order valence-electron chi connectivity index (χ2n) is 5.66. The lowest BCUT2D eigenvalue weighted by Crippen LogP contribution is -2.16. The molecule has 0 bridgehead atoms. The lowest BCUT2D eigenvalue weighted by molar-refractivity contribution is 0.0698. The lowest BCUT2D eigenvalue weighted by Gasteiger charge is -2.14. The molecule has 7 heteroatoms. The Hall–Kier alpha value is -2.41. The summed E-state index contributed by atoms with van der Waals surface area (Å²) in [5, 5.41) is 20.3. The maximum Gasteiger partial charge on any atom is 0.337 e. The van der Waals surface area contributed by atoms with Gasteiger partial charge in [0.2, 0.25) is 0 Å². The molecule has 1 unspecified atom stereocenters. The maximum absolute atomic E-state index is 11.3. The largest absolute Gasteiger partial charge is 0.478 e. The molecule has 0 saturated carbocycles. The smallest absolute Gasteiger partial charge is 0.337 e. The van der Waals surface area contributed by atoms with Crippen molar-refractivity contribution in [1.29, 1.82) is 0 Å². The number of carboxylic acids is 1. The number of hydrogen-bond donors (Lipinski definition) is 3. The van der Waals surface area contributed by atoms with Crippen LogP contribution in [0, 0.1) is 12.8 Å². The van der Waals surface area contributed by atoms with Gasteiger partial charge < -0.3 is 15.7 Å². The van der Waals surface area contributed by atoms with Crippen LogP contribution in [0.4, 0.5) is 11.4 Å². The van der Waals surface area contributed by atoms with Gasteiger partial charge in [-0.05, 0) is 25.5 Å². The average Bonchev–Trinajstić information content (AvgIpc) is 3.06. The molecule has 0 aliphatic carbocycles. The van der Waals surface area contributed by atoms with Crippen molar-refractivity contribution >= 4 is 17.3 Å². The highest BCUT2D eigenvalue weighted by molar-refractivity contribution is 5.94. The van der Waals surface area contributed by atoms with Crippen LogP contribution < -0.4 is 10.6 Å². The van der Waals surface area contributed by atoms with Gasteiger partial charge in [-0.25, -0.2) is 4.79 Å². The number of carboxylic acid groups (broad SMARTS) is 1. The maximum atomic E-state index is 11.3. The number of aryl methyl sites for hydroxylation is 1. The number of carbonyl (C=O) groups is 1. The Labute approximate surface area is 128 Å². The van der Waals surface area contributed by atoms with Gasteiger partial charge in [0.05, 0.1) is 34.9 Å². The number of nitrogens with one attached hydrogen (secondary N) is 2. The van der Waals surface area contributed by atoms with E-state index in [4.69, 9.17) is 0 Å².